The summed E-state index contributed by atoms with van der Waals surface area (Å²) in [7, 11) is 0. The third kappa shape index (κ3) is 3.30. The number of aromatic nitrogens is 1. The van der Waals surface area contributed by atoms with Crippen LogP contribution in [0.4, 0.5) is 5.82 Å². The highest BCUT2D eigenvalue weighted by Crippen LogP contribution is 2.37. The van der Waals surface area contributed by atoms with Gasteiger partial charge in [0.25, 0.3) is 0 Å². The summed E-state index contributed by atoms with van der Waals surface area (Å²) in [5.74, 6) is 1.20. The molecule has 1 aromatic heterocycles. The molecule has 2 aromatic rings. The standard InChI is InChI=1S/C20H26N4/c1-2-6-17(7-3-1)16-24-13-5-9-19(24)18-8-4-10-22-20(18)23-14-11-21-12-15-23/h1-4,6-8,10,19,21H,5,9,11-16H2/t19-/m0/s1. The molecule has 0 aliphatic carbocycles. The average molecular weight is 322 g/mol. The van der Waals surface area contributed by atoms with Gasteiger partial charge in [-0.1, -0.05) is 36.4 Å². The fourth-order valence-corrected chi connectivity index (χ4v) is 4.00. The second kappa shape index (κ2) is 7.32. The normalized spacial score (nSPS) is 22.0. The molecular formula is C20H26N4. The van der Waals surface area contributed by atoms with Crippen LogP contribution in [0.2, 0.25) is 0 Å². The van der Waals surface area contributed by atoms with Crippen LogP contribution in [0.25, 0.3) is 0 Å². The van der Waals surface area contributed by atoms with Crippen molar-refractivity contribution in [2.24, 2.45) is 0 Å². The van der Waals surface area contributed by atoms with Crippen molar-refractivity contribution < 1.29 is 0 Å². The van der Waals surface area contributed by atoms with Gasteiger partial charge in [0.15, 0.2) is 0 Å². The van der Waals surface area contributed by atoms with Crippen LogP contribution in [-0.4, -0.2) is 42.6 Å². The number of benzene rings is 1. The van der Waals surface area contributed by atoms with Crippen molar-refractivity contribution in [3.63, 3.8) is 0 Å². The zero-order valence-electron chi connectivity index (χ0n) is 14.2. The molecule has 0 bridgehead atoms. The van der Waals surface area contributed by atoms with Gasteiger partial charge in [-0.25, -0.2) is 4.98 Å². The van der Waals surface area contributed by atoms with Crippen LogP contribution in [0.15, 0.2) is 48.7 Å². The van der Waals surface area contributed by atoms with E-state index in [4.69, 9.17) is 4.98 Å². The summed E-state index contributed by atoms with van der Waals surface area (Å²) in [5, 5.41) is 3.44. The van der Waals surface area contributed by atoms with Crippen LogP contribution >= 0.6 is 0 Å². The Labute approximate surface area is 144 Å². The summed E-state index contributed by atoms with van der Waals surface area (Å²) in [4.78, 5) is 9.83. The monoisotopic (exact) mass is 322 g/mol. The van der Waals surface area contributed by atoms with Gasteiger partial charge in [-0.3, -0.25) is 4.90 Å². The topological polar surface area (TPSA) is 31.4 Å². The first kappa shape index (κ1) is 15.6. The van der Waals surface area contributed by atoms with Gasteiger partial charge >= 0.3 is 0 Å². The Morgan fingerprint density at radius 1 is 1.00 bits per heavy atom. The first-order chi connectivity index (χ1) is 11.9. The van der Waals surface area contributed by atoms with Crippen LogP contribution in [0.5, 0.6) is 0 Å². The number of piperazine rings is 1. The molecule has 2 aliphatic heterocycles. The molecule has 2 fully saturated rings. The fraction of sp³-hybridized carbons (Fsp3) is 0.450. The van der Waals surface area contributed by atoms with Crippen molar-refractivity contribution in [1.29, 1.82) is 0 Å². The van der Waals surface area contributed by atoms with Gasteiger partial charge in [-0.05, 0) is 31.0 Å². The minimum atomic E-state index is 0.490. The van der Waals surface area contributed by atoms with Crippen molar-refractivity contribution in [3.8, 4) is 0 Å². The second-order valence-corrected chi connectivity index (χ2v) is 6.77. The largest absolute Gasteiger partial charge is 0.354 e. The van der Waals surface area contributed by atoms with E-state index in [-0.39, 0.29) is 0 Å². The highest BCUT2D eigenvalue weighted by atomic mass is 15.2. The highest BCUT2D eigenvalue weighted by Gasteiger charge is 2.29. The Morgan fingerprint density at radius 3 is 2.67 bits per heavy atom. The van der Waals surface area contributed by atoms with E-state index in [0.717, 1.165) is 32.7 Å². The minimum Gasteiger partial charge on any atom is -0.354 e. The van der Waals surface area contributed by atoms with Gasteiger partial charge in [0.05, 0.1) is 0 Å². The van der Waals surface area contributed by atoms with E-state index in [2.05, 4.69) is 57.6 Å². The third-order valence-electron chi connectivity index (χ3n) is 5.18. The zero-order chi connectivity index (χ0) is 16.2. The number of hydrogen-bond donors (Lipinski definition) is 1. The van der Waals surface area contributed by atoms with Crippen molar-refractivity contribution in [2.45, 2.75) is 25.4 Å². The van der Waals surface area contributed by atoms with E-state index in [0.29, 0.717) is 6.04 Å². The molecule has 0 unspecified atom stereocenters. The molecular weight excluding hydrogens is 296 g/mol. The molecule has 4 rings (SSSR count). The minimum absolute atomic E-state index is 0.490. The molecule has 24 heavy (non-hydrogen) atoms. The van der Waals surface area contributed by atoms with Crippen LogP contribution in [-0.2, 0) is 6.54 Å². The van der Waals surface area contributed by atoms with E-state index in [9.17, 15) is 0 Å². The lowest BCUT2D eigenvalue weighted by Gasteiger charge is -2.33. The maximum Gasteiger partial charge on any atom is 0.133 e. The summed E-state index contributed by atoms with van der Waals surface area (Å²) >= 11 is 0. The number of rotatable bonds is 4. The van der Waals surface area contributed by atoms with Crippen molar-refractivity contribution in [2.75, 3.05) is 37.6 Å². The van der Waals surface area contributed by atoms with Gasteiger partial charge in [0.1, 0.15) is 5.82 Å². The molecule has 3 heterocycles. The summed E-state index contributed by atoms with van der Waals surface area (Å²) < 4.78 is 0. The van der Waals surface area contributed by atoms with Crippen molar-refractivity contribution in [3.05, 3.63) is 59.8 Å². The number of likely N-dealkylation sites (tertiary alicyclic amines) is 1. The molecule has 4 nitrogen and oxygen atoms in total. The molecule has 1 atom stereocenters. The van der Waals surface area contributed by atoms with E-state index >= 15 is 0 Å². The molecule has 1 aromatic carbocycles. The molecule has 2 aliphatic rings. The first-order valence-corrected chi connectivity index (χ1v) is 9.10. The van der Waals surface area contributed by atoms with Gasteiger partial charge < -0.3 is 10.2 Å². The number of nitrogens with zero attached hydrogens (tertiary/aromatic N) is 3. The Kier molecular flexibility index (Phi) is 4.76. The van der Waals surface area contributed by atoms with Crippen molar-refractivity contribution in [1.82, 2.24) is 15.2 Å². The molecule has 0 amide bonds. The lowest BCUT2D eigenvalue weighted by Crippen LogP contribution is -2.44. The SMILES string of the molecule is c1ccc(CN2CCC[C@H]2c2cccnc2N2CCNCC2)cc1. The van der Waals surface area contributed by atoms with E-state index in [1.807, 2.05) is 6.20 Å². The third-order valence-corrected chi connectivity index (χ3v) is 5.18. The predicted molar refractivity (Wildman–Crippen MR) is 98.1 cm³/mol. The van der Waals surface area contributed by atoms with E-state index in [1.54, 1.807) is 0 Å². The van der Waals surface area contributed by atoms with Gasteiger partial charge in [-0.2, -0.15) is 0 Å². The molecule has 0 radical (unpaired) electrons. The Balaban J connectivity index is 1.58. The molecule has 2 saturated heterocycles. The van der Waals surface area contributed by atoms with Crippen LogP contribution in [0.3, 0.4) is 0 Å². The van der Waals surface area contributed by atoms with E-state index < -0.39 is 0 Å². The predicted octanol–water partition coefficient (Wildman–Crippen LogP) is 2.83. The lowest BCUT2D eigenvalue weighted by molar-refractivity contribution is 0.248. The maximum absolute atomic E-state index is 4.76. The second-order valence-electron chi connectivity index (χ2n) is 6.77. The van der Waals surface area contributed by atoms with Crippen molar-refractivity contribution >= 4 is 5.82 Å². The zero-order valence-corrected chi connectivity index (χ0v) is 14.2. The lowest BCUT2D eigenvalue weighted by atomic mass is 10.0. The Morgan fingerprint density at radius 2 is 1.83 bits per heavy atom. The number of nitrogens with one attached hydrogen (secondary N) is 1. The molecule has 0 spiro atoms. The van der Waals surface area contributed by atoms with E-state index in [1.165, 1.54) is 36.3 Å². The maximum atomic E-state index is 4.76. The molecule has 4 heteroatoms. The van der Waals surface area contributed by atoms with Crippen LogP contribution in [0, 0.1) is 0 Å². The smallest absolute Gasteiger partial charge is 0.133 e. The Hall–Kier alpha value is -1.91. The van der Waals surface area contributed by atoms with Gasteiger partial charge in [0.2, 0.25) is 0 Å². The fourth-order valence-electron chi connectivity index (χ4n) is 4.00. The first-order valence-electron chi connectivity index (χ1n) is 9.10. The molecule has 1 N–H and O–H groups in total. The summed E-state index contributed by atoms with van der Waals surface area (Å²) in [6.45, 7) is 6.41. The van der Waals surface area contributed by atoms with Gasteiger partial charge in [0, 0.05) is 50.5 Å². The highest BCUT2D eigenvalue weighted by molar-refractivity contribution is 5.49. The average Bonchev–Trinajstić information content (AvgIpc) is 3.11. The number of hydrogen-bond acceptors (Lipinski definition) is 4. The van der Waals surface area contributed by atoms with Crippen LogP contribution < -0.4 is 10.2 Å². The summed E-state index contributed by atoms with van der Waals surface area (Å²) in [6, 6.07) is 15.7. The Bertz CT molecular complexity index is 652. The van der Waals surface area contributed by atoms with Gasteiger partial charge in [-0.15, -0.1) is 0 Å². The quantitative estimate of drug-likeness (QED) is 0.938. The van der Waals surface area contributed by atoms with Crippen LogP contribution in [0.1, 0.15) is 30.0 Å². The number of anilines is 1. The summed E-state index contributed by atoms with van der Waals surface area (Å²) in [6.07, 6.45) is 4.45. The number of pyridine rings is 1. The molecule has 126 valence electrons. The molecule has 0 saturated carbocycles. The summed E-state index contributed by atoms with van der Waals surface area (Å²) in [5.41, 5.74) is 2.81.